The minimum Gasteiger partial charge on any atom is -0.378 e. The van der Waals surface area contributed by atoms with Crippen molar-refractivity contribution in [3.63, 3.8) is 0 Å². The van der Waals surface area contributed by atoms with E-state index in [-0.39, 0.29) is 23.1 Å². The van der Waals surface area contributed by atoms with Crippen molar-refractivity contribution in [3.05, 3.63) is 45.5 Å². The van der Waals surface area contributed by atoms with Gasteiger partial charge in [0, 0.05) is 19.5 Å². The van der Waals surface area contributed by atoms with E-state index in [4.69, 9.17) is 5.73 Å². The third kappa shape index (κ3) is 5.55. The van der Waals surface area contributed by atoms with Gasteiger partial charge in [-0.15, -0.1) is 0 Å². The van der Waals surface area contributed by atoms with Gasteiger partial charge in [-0.05, 0) is 50.2 Å². The quantitative estimate of drug-likeness (QED) is 0.246. The number of anilines is 2. The minimum absolute atomic E-state index is 0.0344. The summed E-state index contributed by atoms with van der Waals surface area (Å²) in [5.74, 6) is -0.165. The first-order chi connectivity index (χ1) is 15.3. The Hall–Kier alpha value is -2.72. The number of nitrogens with two attached hydrogens (primary N) is 1. The van der Waals surface area contributed by atoms with Crippen LogP contribution in [0.2, 0.25) is 0 Å². The first-order valence-corrected chi connectivity index (χ1v) is 12.0. The molecule has 0 amide bonds. The summed E-state index contributed by atoms with van der Waals surface area (Å²) in [4.78, 5) is 36.3. The number of nitrogens with zero attached hydrogens (tertiary/aromatic N) is 5. The monoisotopic (exact) mass is 458 g/mol. The smallest absolute Gasteiger partial charge is 0.353 e. The molecule has 2 heterocycles. The summed E-state index contributed by atoms with van der Waals surface area (Å²) >= 11 is 1.24. The average molecular weight is 459 g/mol. The molecule has 1 aromatic heterocycles. The Morgan fingerprint density at radius 2 is 1.88 bits per heavy atom. The van der Waals surface area contributed by atoms with Crippen LogP contribution in [0.5, 0.6) is 0 Å². The van der Waals surface area contributed by atoms with E-state index in [1.807, 2.05) is 12.1 Å². The van der Waals surface area contributed by atoms with Crippen LogP contribution in [0.15, 0.2) is 29.4 Å². The molecule has 32 heavy (non-hydrogen) atoms. The fourth-order valence-corrected chi connectivity index (χ4v) is 4.28. The van der Waals surface area contributed by atoms with Gasteiger partial charge in [0.25, 0.3) is 0 Å². The van der Waals surface area contributed by atoms with Gasteiger partial charge in [0.2, 0.25) is 11.6 Å². The van der Waals surface area contributed by atoms with Gasteiger partial charge in [-0.2, -0.15) is 9.97 Å². The lowest BCUT2D eigenvalue weighted by Crippen LogP contribution is -2.39. The highest BCUT2D eigenvalue weighted by Crippen LogP contribution is 2.35. The van der Waals surface area contributed by atoms with Gasteiger partial charge in [-0.3, -0.25) is 19.8 Å². The molecule has 2 aromatic rings. The van der Waals surface area contributed by atoms with Crippen molar-refractivity contribution >= 4 is 34.9 Å². The van der Waals surface area contributed by atoms with E-state index in [2.05, 4.69) is 27.0 Å². The Morgan fingerprint density at radius 3 is 2.44 bits per heavy atom. The van der Waals surface area contributed by atoms with Gasteiger partial charge in [-0.25, -0.2) is 0 Å². The third-order valence-corrected chi connectivity index (χ3v) is 6.32. The summed E-state index contributed by atoms with van der Waals surface area (Å²) in [5.41, 5.74) is 7.70. The van der Waals surface area contributed by atoms with Gasteiger partial charge in [0.15, 0.2) is 10.9 Å². The van der Waals surface area contributed by atoms with E-state index in [1.165, 1.54) is 30.2 Å². The van der Waals surface area contributed by atoms with Crippen LogP contribution in [0.25, 0.3) is 0 Å². The fraction of sp³-hybridized carbons (Fsp3) is 0.500. The number of hydrogen-bond acceptors (Lipinski definition) is 9. The van der Waals surface area contributed by atoms with Crippen molar-refractivity contribution in [3.8, 4) is 0 Å². The Bertz CT molecular complexity index is 963. The standard InChI is InChI=1S/C22H30N6O3S/c1-4-18(29)15(2)27(21-19(28(30)31)20(23)24-22(25-21)32-3)14-17-9-7-16(8-10-17)13-26-11-5-6-12-26/h7-10,15H,4-6,11-14H2,1-3H3,(H2,23,24,25). The summed E-state index contributed by atoms with van der Waals surface area (Å²) < 4.78 is 0. The number of rotatable bonds is 10. The molecule has 0 radical (unpaired) electrons. The molecule has 1 saturated heterocycles. The maximum absolute atomic E-state index is 12.6. The van der Waals surface area contributed by atoms with Crippen molar-refractivity contribution in [2.45, 2.75) is 57.4 Å². The predicted octanol–water partition coefficient (Wildman–Crippen LogP) is 3.66. The predicted molar refractivity (Wildman–Crippen MR) is 127 cm³/mol. The second-order valence-corrected chi connectivity index (χ2v) is 8.72. The molecule has 1 aliphatic heterocycles. The van der Waals surface area contributed by atoms with Crippen LogP contribution in [0.4, 0.5) is 17.3 Å². The zero-order chi connectivity index (χ0) is 23.3. The first kappa shape index (κ1) is 23.9. The lowest BCUT2D eigenvalue weighted by molar-refractivity contribution is -0.383. The number of carbonyl (C=O) groups excluding carboxylic acids is 1. The Labute approximate surface area is 192 Å². The zero-order valence-corrected chi connectivity index (χ0v) is 19.6. The van der Waals surface area contributed by atoms with Crippen molar-refractivity contribution in [2.24, 2.45) is 0 Å². The van der Waals surface area contributed by atoms with Crippen LogP contribution in [0.1, 0.15) is 44.2 Å². The Balaban J connectivity index is 1.94. The number of nitrogen functional groups attached to an aromatic ring is 1. The van der Waals surface area contributed by atoms with E-state index in [9.17, 15) is 14.9 Å². The molecule has 0 spiro atoms. The number of hydrogen-bond donors (Lipinski definition) is 1. The molecule has 9 nitrogen and oxygen atoms in total. The number of aromatic nitrogens is 2. The van der Waals surface area contributed by atoms with E-state index in [0.717, 1.165) is 25.2 Å². The first-order valence-electron chi connectivity index (χ1n) is 10.8. The maximum Gasteiger partial charge on any atom is 0.353 e. The number of thioether (sulfide) groups is 1. The van der Waals surface area contributed by atoms with Crippen molar-refractivity contribution in [1.82, 2.24) is 14.9 Å². The molecule has 0 saturated carbocycles. The van der Waals surface area contributed by atoms with E-state index < -0.39 is 11.0 Å². The average Bonchev–Trinajstić information content (AvgIpc) is 3.29. The molecule has 0 bridgehead atoms. The van der Waals surface area contributed by atoms with Crippen molar-refractivity contribution < 1.29 is 9.72 Å². The maximum atomic E-state index is 12.6. The molecule has 0 aliphatic carbocycles. The summed E-state index contributed by atoms with van der Waals surface area (Å²) in [6.07, 6.45) is 4.58. The van der Waals surface area contributed by atoms with Gasteiger partial charge >= 0.3 is 5.69 Å². The molecule has 1 fully saturated rings. The van der Waals surface area contributed by atoms with Crippen LogP contribution in [0, 0.1) is 10.1 Å². The number of Topliss-reactive ketones (excluding diaryl/α,β-unsaturated/α-hetero) is 1. The molecule has 1 aromatic carbocycles. The fourth-order valence-electron chi connectivity index (χ4n) is 3.92. The van der Waals surface area contributed by atoms with Gasteiger partial charge in [0.1, 0.15) is 0 Å². The summed E-state index contributed by atoms with van der Waals surface area (Å²) in [6.45, 7) is 6.99. The summed E-state index contributed by atoms with van der Waals surface area (Å²) in [7, 11) is 0. The SMILES string of the molecule is CCC(=O)C(C)N(Cc1ccc(CN2CCCC2)cc1)c1nc(SC)nc(N)c1[N+](=O)[O-]. The van der Waals surface area contributed by atoms with Crippen molar-refractivity contribution in [2.75, 3.05) is 30.0 Å². The molecule has 1 aliphatic rings. The van der Waals surface area contributed by atoms with E-state index in [1.54, 1.807) is 25.0 Å². The number of nitro groups is 1. The second kappa shape index (κ2) is 10.7. The number of ketones is 1. The topological polar surface area (TPSA) is 118 Å². The van der Waals surface area contributed by atoms with Gasteiger partial charge in [0.05, 0.1) is 11.0 Å². The molecular weight excluding hydrogens is 428 g/mol. The summed E-state index contributed by atoms with van der Waals surface area (Å²) in [5, 5.41) is 12.1. The van der Waals surface area contributed by atoms with E-state index in [0.29, 0.717) is 18.1 Å². The van der Waals surface area contributed by atoms with Crippen LogP contribution in [-0.4, -0.2) is 51.0 Å². The highest BCUT2D eigenvalue weighted by atomic mass is 32.2. The zero-order valence-electron chi connectivity index (χ0n) is 18.8. The summed E-state index contributed by atoms with van der Waals surface area (Å²) in [6, 6.07) is 7.57. The second-order valence-electron chi connectivity index (χ2n) is 7.95. The molecule has 1 atom stereocenters. The lowest BCUT2D eigenvalue weighted by atomic mass is 10.1. The number of benzene rings is 1. The normalized spacial score (nSPS) is 15.0. The number of carbonyl (C=O) groups is 1. The van der Waals surface area contributed by atoms with Crippen LogP contribution < -0.4 is 10.6 Å². The number of likely N-dealkylation sites (tertiary alicyclic amines) is 1. The minimum atomic E-state index is -0.605. The lowest BCUT2D eigenvalue weighted by Gasteiger charge is -2.29. The molecular formula is C22H30N6O3S. The van der Waals surface area contributed by atoms with Gasteiger partial charge < -0.3 is 10.6 Å². The molecule has 1 unspecified atom stereocenters. The van der Waals surface area contributed by atoms with Crippen LogP contribution >= 0.6 is 11.8 Å². The van der Waals surface area contributed by atoms with Crippen molar-refractivity contribution in [1.29, 1.82) is 0 Å². The Morgan fingerprint density at radius 1 is 1.25 bits per heavy atom. The molecule has 172 valence electrons. The largest absolute Gasteiger partial charge is 0.378 e. The van der Waals surface area contributed by atoms with Gasteiger partial charge in [-0.1, -0.05) is 43.0 Å². The highest BCUT2D eigenvalue weighted by Gasteiger charge is 2.32. The third-order valence-electron chi connectivity index (χ3n) is 5.77. The molecule has 2 N–H and O–H groups in total. The van der Waals surface area contributed by atoms with E-state index >= 15 is 0 Å². The molecule has 10 heteroatoms. The highest BCUT2D eigenvalue weighted by molar-refractivity contribution is 7.98. The Kier molecular flexibility index (Phi) is 8.03. The van der Waals surface area contributed by atoms with Crippen LogP contribution in [0.3, 0.4) is 0 Å². The van der Waals surface area contributed by atoms with Crippen LogP contribution in [-0.2, 0) is 17.9 Å². The molecule has 3 rings (SSSR count).